The van der Waals surface area contributed by atoms with Crippen molar-refractivity contribution in [1.82, 2.24) is 4.90 Å². The molecule has 0 bridgehead atoms. The van der Waals surface area contributed by atoms with Gasteiger partial charge in [-0.3, -0.25) is 14.9 Å². The smallest absolute Gasteiger partial charge is 0.270 e. The van der Waals surface area contributed by atoms with Crippen LogP contribution >= 0.6 is 0 Å². The first-order valence-electron chi connectivity index (χ1n) is 9.40. The van der Waals surface area contributed by atoms with Crippen LogP contribution in [0.25, 0.3) is 22.3 Å². The number of phenolic OH excluding ortho intramolecular Hbond substituents is 2. The van der Waals surface area contributed by atoms with Gasteiger partial charge in [0, 0.05) is 47.4 Å². The van der Waals surface area contributed by atoms with E-state index in [1.54, 1.807) is 6.07 Å². The summed E-state index contributed by atoms with van der Waals surface area (Å²) in [5.74, 6) is -0.906. The van der Waals surface area contributed by atoms with Crippen LogP contribution in [0.5, 0.6) is 11.5 Å². The third kappa shape index (κ3) is 3.17. The quantitative estimate of drug-likeness (QED) is 0.439. The Balaban J connectivity index is 1.99. The minimum atomic E-state index is -0.550. The zero-order valence-electron chi connectivity index (χ0n) is 16.1. The Kier molecular flexibility index (Phi) is 4.92. The number of non-ortho nitro benzene ring substituents is 1. The number of rotatable bonds is 4. The molecular formula is C21H20N2O7. The van der Waals surface area contributed by atoms with Gasteiger partial charge in [-0.05, 0) is 20.0 Å². The predicted molar refractivity (Wildman–Crippen MR) is 109 cm³/mol. The first-order valence-corrected chi connectivity index (χ1v) is 9.40. The van der Waals surface area contributed by atoms with Crippen molar-refractivity contribution in [3.05, 3.63) is 62.3 Å². The minimum absolute atomic E-state index is 0.0141. The molecule has 2 heterocycles. The lowest BCUT2D eigenvalue weighted by Crippen LogP contribution is -2.32. The van der Waals surface area contributed by atoms with Gasteiger partial charge in [0.2, 0.25) is 0 Å². The van der Waals surface area contributed by atoms with E-state index in [1.807, 2.05) is 11.9 Å². The third-order valence-electron chi connectivity index (χ3n) is 5.72. The van der Waals surface area contributed by atoms with E-state index in [4.69, 9.17) is 4.42 Å². The molecule has 3 N–H and O–H groups in total. The molecule has 0 radical (unpaired) electrons. The van der Waals surface area contributed by atoms with E-state index in [2.05, 4.69) is 0 Å². The Labute approximate surface area is 170 Å². The molecule has 1 fully saturated rings. The van der Waals surface area contributed by atoms with Crippen molar-refractivity contribution < 1.29 is 24.7 Å². The number of fused-ring (bicyclic) bond motifs is 1. The number of likely N-dealkylation sites (N-methyl/N-ethyl adjacent to an activating group) is 1. The topological polar surface area (TPSA) is 137 Å². The van der Waals surface area contributed by atoms with Crippen molar-refractivity contribution in [3.63, 3.8) is 0 Å². The second-order valence-electron chi connectivity index (χ2n) is 7.44. The standard InChI is InChI=1S/C21H20N2O7/c1-22-6-5-13(14(22)10-24)19-15(25)8-16(26)20-17(27)9-18(30-21(19)20)11-3-2-4-12(7-11)23(28)29/h2-4,7-9,13-14,24-26H,5-6,10H2,1H3/t13-,14+/m0/s1. The largest absolute Gasteiger partial charge is 0.507 e. The fourth-order valence-electron chi connectivity index (χ4n) is 4.21. The Morgan fingerprint density at radius 3 is 2.70 bits per heavy atom. The highest BCUT2D eigenvalue weighted by Gasteiger charge is 2.36. The molecule has 156 valence electrons. The summed E-state index contributed by atoms with van der Waals surface area (Å²) in [5.41, 5.74) is -0.0366. The number of nitro groups is 1. The van der Waals surface area contributed by atoms with Crippen LogP contribution in [0.3, 0.4) is 0 Å². The van der Waals surface area contributed by atoms with E-state index < -0.39 is 16.1 Å². The van der Waals surface area contributed by atoms with Gasteiger partial charge in [0.15, 0.2) is 5.43 Å². The molecular weight excluding hydrogens is 392 g/mol. The monoisotopic (exact) mass is 412 g/mol. The Morgan fingerprint density at radius 2 is 2.00 bits per heavy atom. The van der Waals surface area contributed by atoms with Crippen molar-refractivity contribution in [2.24, 2.45) is 0 Å². The summed E-state index contributed by atoms with van der Waals surface area (Å²) >= 11 is 0. The van der Waals surface area contributed by atoms with Gasteiger partial charge in [-0.2, -0.15) is 0 Å². The van der Waals surface area contributed by atoms with Gasteiger partial charge in [-0.25, -0.2) is 0 Å². The van der Waals surface area contributed by atoms with Gasteiger partial charge in [0.25, 0.3) is 5.69 Å². The summed E-state index contributed by atoms with van der Waals surface area (Å²) in [6.45, 7) is 0.518. The molecule has 2 atom stereocenters. The molecule has 0 saturated carbocycles. The molecule has 1 aliphatic rings. The van der Waals surface area contributed by atoms with Gasteiger partial charge in [-0.1, -0.05) is 12.1 Å². The Hall–Kier alpha value is -3.43. The number of benzene rings is 2. The fourth-order valence-corrected chi connectivity index (χ4v) is 4.21. The fraction of sp³-hybridized carbons (Fsp3) is 0.286. The van der Waals surface area contributed by atoms with E-state index in [9.17, 15) is 30.2 Å². The summed E-state index contributed by atoms with van der Waals surface area (Å²) in [5, 5.41) is 41.7. The molecule has 9 nitrogen and oxygen atoms in total. The molecule has 30 heavy (non-hydrogen) atoms. The number of hydrogen-bond acceptors (Lipinski definition) is 8. The first kappa shape index (κ1) is 19.9. The summed E-state index contributed by atoms with van der Waals surface area (Å²) in [4.78, 5) is 25.3. The molecule has 2 aromatic carbocycles. The summed E-state index contributed by atoms with van der Waals surface area (Å²) < 4.78 is 5.95. The molecule has 1 aromatic heterocycles. The molecule has 1 aliphatic heterocycles. The highest BCUT2D eigenvalue weighted by atomic mass is 16.6. The summed E-state index contributed by atoms with van der Waals surface area (Å²) in [7, 11) is 1.85. The maximum absolute atomic E-state index is 12.8. The van der Waals surface area contributed by atoms with E-state index >= 15 is 0 Å². The lowest BCUT2D eigenvalue weighted by atomic mass is 9.89. The van der Waals surface area contributed by atoms with Gasteiger partial charge in [-0.15, -0.1) is 0 Å². The summed E-state index contributed by atoms with van der Waals surface area (Å²) in [6.07, 6.45) is 0.611. The molecule has 0 amide bonds. The Bertz CT molecular complexity index is 1200. The predicted octanol–water partition coefficient (Wildman–Crippen LogP) is 2.56. The van der Waals surface area contributed by atoms with Gasteiger partial charge >= 0.3 is 0 Å². The van der Waals surface area contributed by atoms with Gasteiger partial charge in [0.05, 0.1) is 11.5 Å². The number of nitro benzene ring substituents is 1. The van der Waals surface area contributed by atoms with Crippen LogP contribution in [0, 0.1) is 10.1 Å². The number of likely N-dealkylation sites (tertiary alicyclic amines) is 1. The molecule has 0 aliphatic carbocycles. The van der Waals surface area contributed by atoms with Gasteiger partial charge < -0.3 is 24.6 Å². The van der Waals surface area contributed by atoms with Crippen molar-refractivity contribution in [2.45, 2.75) is 18.4 Å². The number of aliphatic hydroxyl groups excluding tert-OH is 1. The van der Waals surface area contributed by atoms with Crippen molar-refractivity contribution in [3.8, 4) is 22.8 Å². The molecule has 9 heteroatoms. The number of aromatic hydroxyl groups is 2. The maximum atomic E-state index is 12.8. The van der Waals surface area contributed by atoms with E-state index in [0.29, 0.717) is 24.1 Å². The molecule has 4 rings (SSSR count). The number of phenols is 2. The van der Waals surface area contributed by atoms with Crippen molar-refractivity contribution in [2.75, 3.05) is 20.2 Å². The minimum Gasteiger partial charge on any atom is -0.507 e. The zero-order chi connectivity index (χ0) is 21.6. The first-order chi connectivity index (χ1) is 14.3. The second-order valence-corrected chi connectivity index (χ2v) is 7.44. The highest BCUT2D eigenvalue weighted by molar-refractivity contribution is 5.89. The van der Waals surface area contributed by atoms with Crippen LogP contribution in [-0.2, 0) is 0 Å². The van der Waals surface area contributed by atoms with E-state index in [1.165, 1.54) is 18.2 Å². The number of nitrogens with zero attached hydrogens (tertiary/aromatic N) is 2. The van der Waals surface area contributed by atoms with Crippen LogP contribution in [0.2, 0.25) is 0 Å². The van der Waals surface area contributed by atoms with Crippen molar-refractivity contribution in [1.29, 1.82) is 0 Å². The lowest BCUT2D eigenvalue weighted by Gasteiger charge is -2.24. The SMILES string of the molecule is CN1CC[C@H](c2c(O)cc(O)c3c(=O)cc(-c4cccc([N+](=O)[O-])c4)oc23)[C@H]1CO. The van der Waals surface area contributed by atoms with Crippen LogP contribution in [-0.4, -0.2) is 51.4 Å². The number of hydrogen-bond donors (Lipinski definition) is 3. The summed E-state index contributed by atoms with van der Waals surface area (Å²) in [6, 6.07) is 7.63. The van der Waals surface area contributed by atoms with E-state index in [-0.39, 0.29) is 46.7 Å². The Morgan fingerprint density at radius 1 is 1.23 bits per heavy atom. The molecule has 0 spiro atoms. The lowest BCUT2D eigenvalue weighted by molar-refractivity contribution is -0.384. The zero-order valence-corrected chi connectivity index (χ0v) is 16.1. The molecule has 1 saturated heterocycles. The third-order valence-corrected chi connectivity index (χ3v) is 5.72. The molecule has 0 unspecified atom stereocenters. The van der Waals surface area contributed by atoms with Crippen molar-refractivity contribution >= 4 is 16.7 Å². The average Bonchev–Trinajstić information content (AvgIpc) is 3.07. The molecule has 3 aromatic rings. The average molecular weight is 412 g/mol. The van der Waals surface area contributed by atoms with E-state index in [0.717, 1.165) is 12.1 Å². The normalized spacial score (nSPS) is 19.4. The second kappa shape index (κ2) is 7.43. The van der Waals surface area contributed by atoms with Crippen LogP contribution in [0.1, 0.15) is 17.9 Å². The highest BCUT2D eigenvalue weighted by Crippen LogP contribution is 2.44. The maximum Gasteiger partial charge on any atom is 0.270 e. The van der Waals surface area contributed by atoms with Crippen LogP contribution in [0.15, 0.2) is 45.6 Å². The number of aliphatic hydroxyl groups is 1. The van der Waals surface area contributed by atoms with Gasteiger partial charge in [0.1, 0.15) is 28.2 Å². The van der Waals surface area contributed by atoms with Crippen LogP contribution in [0.4, 0.5) is 5.69 Å². The van der Waals surface area contributed by atoms with Crippen LogP contribution < -0.4 is 5.43 Å².